The molecule has 21 heavy (non-hydrogen) atoms. The van der Waals surface area contributed by atoms with Crippen LogP contribution in [0.25, 0.3) is 22.0 Å². The molecule has 0 radical (unpaired) electrons. The molecule has 1 aromatic heterocycles. The summed E-state index contributed by atoms with van der Waals surface area (Å²) in [7, 11) is 0. The van der Waals surface area contributed by atoms with Gasteiger partial charge in [-0.1, -0.05) is 18.2 Å². The van der Waals surface area contributed by atoms with Gasteiger partial charge < -0.3 is 10.3 Å². The van der Waals surface area contributed by atoms with Crippen LogP contribution in [-0.2, 0) is 6.54 Å². The highest BCUT2D eigenvalue weighted by atomic mass is 19.1. The molecule has 0 atom stereocenters. The van der Waals surface area contributed by atoms with E-state index < -0.39 is 0 Å². The number of rotatable bonds is 4. The number of hydrogen-bond donors (Lipinski definition) is 2. The topological polar surface area (TPSA) is 54.8 Å². The summed E-state index contributed by atoms with van der Waals surface area (Å²) < 4.78 is 15.4. The largest absolute Gasteiger partial charge is 0.388 e. The zero-order valence-electron chi connectivity index (χ0n) is 11.5. The number of nitrogens with one attached hydrogen (secondary N) is 1. The average molecular weight is 281 g/mol. The Bertz CT molecular complexity index is 805. The average Bonchev–Trinajstić information content (AvgIpc) is 2.87. The van der Waals surface area contributed by atoms with Crippen LogP contribution in [0.5, 0.6) is 0 Å². The molecule has 3 aromatic rings. The quantitative estimate of drug-likeness (QED) is 0.555. The molecule has 0 spiro atoms. The van der Waals surface area contributed by atoms with Gasteiger partial charge in [-0.25, -0.2) is 4.39 Å². The molecule has 0 saturated carbocycles. The van der Waals surface area contributed by atoms with Crippen LogP contribution in [0, 0.1) is 11.2 Å². The first-order chi connectivity index (χ1) is 10.1. The molecule has 0 bridgehead atoms. The van der Waals surface area contributed by atoms with E-state index in [0.29, 0.717) is 13.0 Å². The lowest BCUT2D eigenvalue weighted by Crippen LogP contribution is -2.12. The van der Waals surface area contributed by atoms with Gasteiger partial charge in [0.15, 0.2) is 0 Å². The van der Waals surface area contributed by atoms with Crippen molar-refractivity contribution in [3.8, 4) is 11.1 Å². The van der Waals surface area contributed by atoms with E-state index in [1.165, 1.54) is 12.1 Å². The Kier molecular flexibility index (Phi) is 3.44. The Morgan fingerprint density at radius 2 is 1.90 bits per heavy atom. The van der Waals surface area contributed by atoms with Crippen LogP contribution < -0.4 is 5.73 Å². The molecule has 3 N–H and O–H groups in total. The molecular weight excluding hydrogens is 265 g/mol. The fraction of sp³-hybridized carbons (Fsp3) is 0.118. The minimum atomic E-state index is -0.230. The summed E-state index contributed by atoms with van der Waals surface area (Å²) in [5.41, 5.74) is 8.36. The van der Waals surface area contributed by atoms with Gasteiger partial charge in [-0.05, 0) is 41.5 Å². The van der Waals surface area contributed by atoms with E-state index in [-0.39, 0.29) is 11.7 Å². The summed E-state index contributed by atoms with van der Waals surface area (Å²) in [4.78, 5) is 0. The van der Waals surface area contributed by atoms with Crippen molar-refractivity contribution in [3.63, 3.8) is 0 Å². The first-order valence-corrected chi connectivity index (χ1v) is 6.81. The molecule has 0 saturated heterocycles. The summed E-state index contributed by atoms with van der Waals surface area (Å²) in [6.45, 7) is 0.693. The van der Waals surface area contributed by atoms with Crippen LogP contribution in [0.15, 0.2) is 54.7 Å². The Balaban J connectivity index is 1.96. The number of hydrogen-bond acceptors (Lipinski definition) is 1. The highest BCUT2D eigenvalue weighted by Gasteiger charge is 2.05. The fourth-order valence-corrected chi connectivity index (χ4v) is 2.48. The van der Waals surface area contributed by atoms with E-state index in [2.05, 4.69) is 4.57 Å². The second-order valence-corrected chi connectivity index (χ2v) is 5.07. The number of aromatic nitrogens is 1. The number of aryl methyl sites for hydroxylation is 1. The predicted molar refractivity (Wildman–Crippen MR) is 83.9 cm³/mol. The van der Waals surface area contributed by atoms with Crippen molar-refractivity contribution in [1.29, 1.82) is 5.41 Å². The summed E-state index contributed by atoms with van der Waals surface area (Å²) in [6.07, 6.45) is 2.53. The summed E-state index contributed by atoms with van der Waals surface area (Å²) in [5, 5.41) is 8.40. The van der Waals surface area contributed by atoms with E-state index >= 15 is 0 Å². The first kappa shape index (κ1) is 13.4. The Hall–Kier alpha value is -2.62. The Morgan fingerprint density at radius 1 is 1.10 bits per heavy atom. The van der Waals surface area contributed by atoms with Crippen LogP contribution in [-0.4, -0.2) is 10.4 Å². The monoisotopic (exact) mass is 281 g/mol. The molecular formula is C17H16FN3. The molecule has 3 nitrogen and oxygen atoms in total. The van der Waals surface area contributed by atoms with Crippen molar-refractivity contribution in [2.24, 2.45) is 5.73 Å². The molecule has 0 unspecified atom stereocenters. The van der Waals surface area contributed by atoms with Crippen LogP contribution in [0.1, 0.15) is 6.42 Å². The normalized spacial score (nSPS) is 10.9. The number of nitrogens with zero attached hydrogens (tertiary/aromatic N) is 1. The zero-order valence-corrected chi connectivity index (χ0v) is 11.5. The van der Waals surface area contributed by atoms with Crippen molar-refractivity contribution in [2.75, 3.05) is 0 Å². The molecule has 106 valence electrons. The van der Waals surface area contributed by atoms with Crippen LogP contribution in [0.3, 0.4) is 0 Å². The first-order valence-electron chi connectivity index (χ1n) is 6.81. The van der Waals surface area contributed by atoms with E-state index in [4.69, 9.17) is 11.1 Å². The summed E-state index contributed by atoms with van der Waals surface area (Å²) >= 11 is 0. The van der Waals surface area contributed by atoms with Gasteiger partial charge in [0.1, 0.15) is 5.82 Å². The van der Waals surface area contributed by atoms with Crippen LogP contribution >= 0.6 is 0 Å². The van der Waals surface area contributed by atoms with Gasteiger partial charge in [0, 0.05) is 30.1 Å². The number of nitrogens with two attached hydrogens (primary N) is 1. The lowest BCUT2D eigenvalue weighted by atomic mass is 10.0. The van der Waals surface area contributed by atoms with Crippen molar-refractivity contribution < 1.29 is 4.39 Å². The van der Waals surface area contributed by atoms with Gasteiger partial charge in [0.05, 0.1) is 5.84 Å². The van der Waals surface area contributed by atoms with Crippen molar-refractivity contribution in [1.82, 2.24) is 4.57 Å². The maximum atomic E-state index is 13.3. The van der Waals surface area contributed by atoms with Gasteiger partial charge >= 0.3 is 0 Å². The van der Waals surface area contributed by atoms with Crippen molar-refractivity contribution in [2.45, 2.75) is 13.0 Å². The third-order valence-corrected chi connectivity index (χ3v) is 3.55. The Labute approximate surface area is 122 Å². The molecule has 3 rings (SSSR count). The third-order valence-electron chi connectivity index (χ3n) is 3.55. The molecule has 0 aliphatic carbocycles. The zero-order chi connectivity index (χ0) is 14.8. The van der Waals surface area contributed by atoms with Crippen molar-refractivity contribution >= 4 is 16.7 Å². The lowest BCUT2D eigenvalue weighted by Gasteiger charge is -2.06. The van der Waals surface area contributed by atoms with E-state index in [0.717, 1.165) is 22.0 Å². The molecule has 0 aliphatic heterocycles. The predicted octanol–water partition coefficient (Wildman–Crippen LogP) is 3.77. The van der Waals surface area contributed by atoms with Crippen LogP contribution in [0.2, 0.25) is 0 Å². The number of halogens is 1. The summed E-state index contributed by atoms with van der Waals surface area (Å²) in [5.74, 6) is -0.0418. The van der Waals surface area contributed by atoms with Crippen LogP contribution in [0.4, 0.5) is 4.39 Å². The SMILES string of the molecule is N=C(N)CCn1ccc2cc(-c3cccc(F)c3)ccc21. The fourth-order valence-electron chi connectivity index (χ4n) is 2.48. The highest BCUT2D eigenvalue weighted by molar-refractivity contribution is 5.86. The molecule has 0 fully saturated rings. The minimum absolute atomic E-state index is 0.188. The highest BCUT2D eigenvalue weighted by Crippen LogP contribution is 2.25. The van der Waals surface area contributed by atoms with Gasteiger partial charge in [-0.2, -0.15) is 0 Å². The van der Waals surface area contributed by atoms with Crippen molar-refractivity contribution in [3.05, 3.63) is 60.5 Å². The third kappa shape index (κ3) is 2.79. The number of fused-ring (bicyclic) bond motifs is 1. The number of benzene rings is 2. The summed E-state index contributed by atoms with van der Waals surface area (Å²) in [6, 6.07) is 14.7. The second-order valence-electron chi connectivity index (χ2n) is 5.07. The standard InChI is InChI=1S/C17H16FN3/c18-15-3-1-2-12(11-15)13-4-5-16-14(10-13)6-8-21(16)9-7-17(19)20/h1-6,8,10-11H,7,9H2,(H3,19,20). The smallest absolute Gasteiger partial charge is 0.123 e. The molecule has 0 aliphatic rings. The van der Waals surface area contributed by atoms with E-state index in [1.807, 2.05) is 36.5 Å². The second kappa shape index (κ2) is 5.40. The molecule has 0 amide bonds. The van der Waals surface area contributed by atoms with Gasteiger partial charge in [0.25, 0.3) is 0 Å². The maximum absolute atomic E-state index is 13.3. The van der Waals surface area contributed by atoms with Gasteiger partial charge in [0.2, 0.25) is 0 Å². The molecule has 2 aromatic carbocycles. The lowest BCUT2D eigenvalue weighted by molar-refractivity contribution is 0.628. The van der Waals surface area contributed by atoms with E-state index in [9.17, 15) is 4.39 Å². The minimum Gasteiger partial charge on any atom is -0.388 e. The Morgan fingerprint density at radius 3 is 2.67 bits per heavy atom. The molecule has 1 heterocycles. The molecule has 4 heteroatoms. The van der Waals surface area contributed by atoms with Gasteiger partial charge in [-0.3, -0.25) is 5.41 Å². The maximum Gasteiger partial charge on any atom is 0.123 e. The van der Waals surface area contributed by atoms with E-state index in [1.54, 1.807) is 6.07 Å². The van der Waals surface area contributed by atoms with Gasteiger partial charge in [-0.15, -0.1) is 0 Å². The number of amidine groups is 1.